The van der Waals surface area contributed by atoms with Crippen molar-refractivity contribution in [1.82, 2.24) is 14.9 Å². The average Bonchev–Trinajstić information content (AvgIpc) is 2.85. The van der Waals surface area contributed by atoms with Crippen molar-refractivity contribution in [1.29, 1.82) is 0 Å². The predicted molar refractivity (Wildman–Crippen MR) is 97.4 cm³/mol. The SMILES string of the molecule is CC(C)CC(=O)N1CCCN(c2nc(C(F)(F)F)nc3ccccc23)CC1. The maximum atomic E-state index is 13.2. The van der Waals surface area contributed by atoms with Gasteiger partial charge in [0.25, 0.3) is 0 Å². The number of rotatable bonds is 3. The highest BCUT2D eigenvalue weighted by Gasteiger charge is 2.36. The van der Waals surface area contributed by atoms with Crippen molar-refractivity contribution in [2.75, 3.05) is 31.1 Å². The zero-order chi connectivity index (χ0) is 19.6. The van der Waals surface area contributed by atoms with Crippen LogP contribution >= 0.6 is 0 Å². The standard InChI is InChI=1S/C19H23F3N4O/c1-13(2)12-16(27)25-8-5-9-26(11-10-25)17-14-6-3-4-7-15(14)23-18(24-17)19(20,21)22/h3-4,6-7,13H,5,8-12H2,1-2H3. The van der Waals surface area contributed by atoms with Gasteiger partial charge in [-0.3, -0.25) is 4.79 Å². The lowest BCUT2D eigenvalue weighted by atomic mass is 10.1. The van der Waals surface area contributed by atoms with E-state index in [0.29, 0.717) is 44.4 Å². The summed E-state index contributed by atoms with van der Waals surface area (Å²) in [5.41, 5.74) is 0.270. The van der Waals surface area contributed by atoms with Gasteiger partial charge in [0.2, 0.25) is 11.7 Å². The summed E-state index contributed by atoms with van der Waals surface area (Å²) in [5, 5.41) is 0.590. The van der Waals surface area contributed by atoms with Gasteiger partial charge in [0.15, 0.2) is 0 Å². The van der Waals surface area contributed by atoms with E-state index in [0.717, 1.165) is 0 Å². The minimum absolute atomic E-state index is 0.0929. The number of fused-ring (bicyclic) bond motifs is 1. The summed E-state index contributed by atoms with van der Waals surface area (Å²) >= 11 is 0. The largest absolute Gasteiger partial charge is 0.451 e. The lowest BCUT2D eigenvalue weighted by Crippen LogP contribution is -2.36. The molecule has 2 aromatic rings. The number of alkyl halides is 3. The Bertz CT molecular complexity index is 822. The van der Waals surface area contributed by atoms with Crippen LogP contribution in [0, 0.1) is 5.92 Å². The number of hydrogen-bond donors (Lipinski definition) is 0. The summed E-state index contributed by atoms with van der Waals surface area (Å²) in [7, 11) is 0. The van der Waals surface area contributed by atoms with Crippen molar-refractivity contribution >= 4 is 22.6 Å². The molecule has 1 aromatic heterocycles. The lowest BCUT2D eigenvalue weighted by molar-refractivity contribution is -0.144. The topological polar surface area (TPSA) is 49.3 Å². The highest BCUT2D eigenvalue weighted by Crippen LogP contribution is 2.32. The number of benzene rings is 1. The smallest absolute Gasteiger partial charge is 0.354 e. The second-order valence-corrected chi connectivity index (χ2v) is 7.21. The molecule has 1 saturated heterocycles. The maximum Gasteiger partial charge on any atom is 0.451 e. The van der Waals surface area contributed by atoms with E-state index in [-0.39, 0.29) is 23.2 Å². The zero-order valence-corrected chi connectivity index (χ0v) is 15.5. The summed E-state index contributed by atoms with van der Waals surface area (Å²) in [4.78, 5) is 23.5. The van der Waals surface area contributed by atoms with Crippen LogP contribution in [0.5, 0.6) is 0 Å². The van der Waals surface area contributed by atoms with Gasteiger partial charge in [0.05, 0.1) is 5.52 Å². The van der Waals surface area contributed by atoms with Gasteiger partial charge < -0.3 is 9.80 Å². The fraction of sp³-hybridized carbons (Fsp3) is 0.526. The van der Waals surface area contributed by atoms with E-state index in [4.69, 9.17) is 0 Å². The quantitative estimate of drug-likeness (QED) is 0.814. The number of aromatic nitrogens is 2. The second kappa shape index (κ2) is 7.70. The van der Waals surface area contributed by atoms with Gasteiger partial charge in [-0.25, -0.2) is 9.97 Å². The van der Waals surface area contributed by atoms with E-state index >= 15 is 0 Å². The fourth-order valence-electron chi connectivity index (χ4n) is 3.28. The Balaban J connectivity index is 1.90. The molecule has 8 heteroatoms. The number of carbonyl (C=O) groups excluding carboxylic acids is 1. The van der Waals surface area contributed by atoms with Gasteiger partial charge in [0, 0.05) is 38.0 Å². The van der Waals surface area contributed by atoms with Gasteiger partial charge in [-0.1, -0.05) is 26.0 Å². The Labute approximate surface area is 156 Å². The summed E-state index contributed by atoms with van der Waals surface area (Å²) < 4.78 is 39.7. The van der Waals surface area contributed by atoms with Gasteiger partial charge in [-0.15, -0.1) is 0 Å². The van der Waals surface area contributed by atoms with Crippen LogP contribution in [0.3, 0.4) is 0 Å². The molecule has 0 saturated carbocycles. The summed E-state index contributed by atoms with van der Waals surface area (Å²) in [6.07, 6.45) is -3.44. The molecule has 146 valence electrons. The Kier molecular flexibility index (Phi) is 5.53. The number of amides is 1. The summed E-state index contributed by atoms with van der Waals surface area (Å²) in [6.45, 7) is 6.07. The first kappa shape index (κ1) is 19.4. The average molecular weight is 380 g/mol. The number of carbonyl (C=O) groups is 1. The van der Waals surface area contributed by atoms with Gasteiger partial charge in [0.1, 0.15) is 5.82 Å². The van der Waals surface area contributed by atoms with Crippen molar-refractivity contribution in [3.63, 3.8) is 0 Å². The third kappa shape index (κ3) is 4.48. The van der Waals surface area contributed by atoms with E-state index in [1.165, 1.54) is 0 Å². The van der Waals surface area contributed by atoms with E-state index in [1.54, 1.807) is 29.2 Å². The van der Waals surface area contributed by atoms with E-state index in [2.05, 4.69) is 9.97 Å². The molecule has 1 aromatic carbocycles. The van der Waals surface area contributed by atoms with Crippen LogP contribution in [0.4, 0.5) is 19.0 Å². The van der Waals surface area contributed by atoms with Gasteiger partial charge in [-0.2, -0.15) is 13.2 Å². The number of nitrogens with zero attached hydrogens (tertiary/aromatic N) is 4. The molecule has 0 atom stereocenters. The molecule has 1 amide bonds. The molecular weight excluding hydrogens is 357 g/mol. The van der Waals surface area contributed by atoms with Gasteiger partial charge >= 0.3 is 6.18 Å². The minimum Gasteiger partial charge on any atom is -0.354 e. The molecule has 0 radical (unpaired) electrons. The maximum absolute atomic E-state index is 13.2. The van der Waals surface area contributed by atoms with Crippen molar-refractivity contribution in [3.8, 4) is 0 Å². The molecule has 3 rings (SSSR count). The first-order chi connectivity index (χ1) is 12.8. The van der Waals surface area contributed by atoms with Crippen LogP contribution in [-0.2, 0) is 11.0 Å². The lowest BCUT2D eigenvalue weighted by Gasteiger charge is -2.25. The minimum atomic E-state index is -4.61. The van der Waals surface area contributed by atoms with Crippen molar-refractivity contribution in [2.45, 2.75) is 32.9 Å². The highest BCUT2D eigenvalue weighted by molar-refractivity contribution is 5.89. The Morgan fingerprint density at radius 2 is 1.85 bits per heavy atom. The summed E-state index contributed by atoms with van der Waals surface area (Å²) in [6, 6.07) is 6.72. The van der Waals surface area contributed by atoms with Crippen LogP contribution in [0.15, 0.2) is 24.3 Å². The molecule has 5 nitrogen and oxygen atoms in total. The first-order valence-corrected chi connectivity index (χ1v) is 9.12. The van der Waals surface area contributed by atoms with E-state index in [1.807, 2.05) is 18.7 Å². The molecule has 0 unspecified atom stereocenters. The van der Waals surface area contributed by atoms with Crippen LogP contribution in [-0.4, -0.2) is 47.0 Å². The second-order valence-electron chi connectivity index (χ2n) is 7.21. The molecule has 27 heavy (non-hydrogen) atoms. The van der Waals surface area contributed by atoms with Crippen molar-refractivity contribution in [2.24, 2.45) is 5.92 Å². The zero-order valence-electron chi connectivity index (χ0n) is 15.5. The molecular formula is C19H23F3N4O. The fourth-order valence-corrected chi connectivity index (χ4v) is 3.28. The normalized spacial score (nSPS) is 16.1. The monoisotopic (exact) mass is 380 g/mol. The third-order valence-electron chi connectivity index (χ3n) is 4.57. The number of halogens is 3. The van der Waals surface area contributed by atoms with Gasteiger partial charge in [-0.05, 0) is 24.5 Å². The predicted octanol–water partition coefficient (Wildman–Crippen LogP) is 3.73. The molecule has 1 aliphatic rings. The highest BCUT2D eigenvalue weighted by atomic mass is 19.4. The number of hydrogen-bond acceptors (Lipinski definition) is 4. The number of para-hydroxylation sites is 1. The third-order valence-corrected chi connectivity index (χ3v) is 4.57. The Morgan fingerprint density at radius 1 is 1.11 bits per heavy atom. The van der Waals surface area contributed by atoms with Crippen molar-refractivity contribution < 1.29 is 18.0 Å². The van der Waals surface area contributed by atoms with Crippen LogP contribution in [0.1, 0.15) is 32.5 Å². The van der Waals surface area contributed by atoms with Crippen LogP contribution in [0.2, 0.25) is 0 Å². The van der Waals surface area contributed by atoms with E-state index in [9.17, 15) is 18.0 Å². The van der Waals surface area contributed by atoms with Crippen LogP contribution < -0.4 is 4.90 Å². The molecule has 0 bridgehead atoms. The molecule has 1 fully saturated rings. The van der Waals surface area contributed by atoms with E-state index < -0.39 is 12.0 Å². The van der Waals surface area contributed by atoms with Crippen LogP contribution in [0.25, 0.3) is 10.9 Å². The molecule has 0 spiro atoms. The molecule has 1 aliphatic heterocycles. The summed E-state index contributed by atoms with van der Waals surface area (Å²) in [5.74, 6) is -0.480. The number of anilines is 1. The Morgan fingerprint density at radius 3 is 2.56 bits per heavy atom. The first-order valence-electron chi connectivity index (χ1n) is 9.12. The molecule has 0 N–H and O–H groups in total. The Hall–Kier alpha value is -2.38. The van der Waals surface area contributed by atoms with Crippen molar-refractivity contribution in [3.05, 3.63) is 30.1 Å². The molecule has 0 aliphatic carbocycles. The molecule has 2 heterocycles.